The smallest absolute Gasteiger partial charge is 0.293 e. The fraction of sp³-hybridized carbons (Fsp3) is 0.154. The Morgan fingerprint density at radius 3 is 2.15 bits per heavy atom. The molecule has 1 aliphatic rings. The van der Waals surface area contributed by atoms with Crippen molar-refractivity contribution >= 4 is 29.4 Å². The third kappa shape index (κ3) is 5.75. The van der Waals surface area contributed by atoms with E-state index < -0.39 is 5.91 Å². The lowest BCUT2D eigenvalue weighted by atomic mass is 10.1. The summed E-state index contributed by atoms with van der Waals surface area (Å²) in [5.74, 6) is 0.265. The van der Waals surface area contributed by atoms with E-state index in [1.807, 2.05) is 29.2 Å². The van der Waals surface area contributed by atoms with Gasteiger partial charge in [0.1, 0.15) is 17.2 Å². The van der Waals surface area contributed by atoms with Crippen molar-refractivity contribution in [3.63, 3.8) is 0 Å². The van der Waals surface area contributed by atoms with Crippen LogP contribution in [0.25, 0.3) is 11.1 Å². The summed E-state index contributed by atoms with van der Waals surface area (Å²) < 4.78 is 6.08. The first-order chi connectivity index (χ1) is 16.5. The maximum absolute atomic E-state index is 13.3. The topological polar surface area (TPSA) is 97.7 Å². The van der Waals surface area contributed by atoms with Crippen molar-refractivity contribution in [2.45, 2.75) is 0 Å². The highest BCUT2D eigenvalue weighted by atomic mass is 35.5. The van der Waals surface area contributed by atoms with Crippen molar-refractivity contribution < 1.29 is 14.6 Å². The SMILES string of the molecule is N=C/C(=C(/Oc1ccc(-c2ccc(O)cc2)cc1)C(=O)Nc1ccc(Cl)cc1)N1CCNCC1. The monoisotopic (exact) mass is 476 g/mol. The molecule has 1 fully saturated rings. The number of piperazine rings is 1. The van der Waals surface area contributed by atoms with Crippen LogP contribution in [0.5, 0.6) is 11.5 Å². The fourth-order valence-electron chi connectivity index (χ4n) is 3.63. The van der Waals surface area contributed by atoms with Crippen LogP contribution in [0, 0.1) is 5.41 Å². The predicted molar refractivity (Wildman–Crippen MR) is 135 cm³/mol. The highest BCUT2D eigenvalue weighted by Crippen LogP contribution is 2.26. The number of ether oxygens (including phenoxy) is 1. The Kier molecular flexibility index (Phi) is 7.47. The summed E-state index contributed by atoms with van der Waals surface area (Å²) in [6.07, 6.45) is 1.16. The van der Waals surface area contributed by atoms with Gasteiger partial charge in [0, 0.05) is 43.1 Å². The number of nitrogens with one attached hydrogen (secondary N) is 3. The maximum atomic E-state index is 13.3. The first-order valence-electron chi connectivity index (χ1n) is 10.9. The van der Waals surface area contributed by atoms with Crippen molar-refractivity contribution in [1.82, 2.24) is 10.2 Å². The van der Waals surface area contributed by atoms with Gasteiger partial charge in [0.25, 0.3) is 5.91 Å². The molecule has 0 unspecified atom stereocenters. The molecule has 0 atom stereocenters. The summed E-state index contributed by atoms with van der Waals surface area (Å²) in [6, 6.07) is 21.0. The highest BCUT2D eigenvalue weighted by Gasteiger charge is 2.23. The first-order valence-corrected chi connectivity index (χ1v) is 11.3. The third-order valence-corrected chi connectivity index (χ3v) is 5.66. The molecule has 0 bridgehead atoms. The molecule has 34 heavy (non-hydrogen) atoms. The molecule has 4 N–H and O–H groups in total. The van der Waals surface area contributed by atoms with Crippen LogP contribution in [0.4, 0.5) is 5.69 Å². The molecule has 1 heterocycles. The van der Waals surface area contributed by atoms with Gasteiger partial charge >= 0.3 is 0 Å². The van der Waals surface area contributed by atoms with Gasteiger partial charge in [0.2, 0.25) is 5.76 Å². The highest BCUT2D eigenvalue weighted by molar-refractivity contribution is 6.30. The van der Waals surface area contributed by atoms with Crippen LogP contribution >= 0.6 is 11.6 Å². The van der Waals surface area contributed by atoms with Gasteiger partial charge in [0.05, 0.1) is 0 Å². The number of carbonyl (C=O) groups excluding carboxylic acids is 1. The van der Waals surface area contributed by atoms with Crippen LogP contribution < -0.4 is 15.4 Å². The Hall–Kier alpha value is -3.81. The van der Waals surface area contributed by atoms with Gasteiger partial charge in [-0.3, -0.25) is 4.79 Å². The fourth-order valence-corrected chi connectivity index (χ4v) is 3.76. The van der Waals surface area contributed by atoms with Gasteiger partial charge < -0.3 is 30.8 Å². The Balaban J connectivity index is 1.62. The Labute approximate surface area is 203 Å². The lowest BCUT2D eigenvalue weighted by Gasteiger charge is -2.30. The van der Waals surface area contributed by atoms with E-state index in [4.69, 9.17) is 21.7 Å². The number of benzene rings is 3. The number of halogens is 1. The zero-order valence-electron chi connectivity index (χ0n) is 18.4. The number of nitrogens with zero attached hydrogens (tertiary/aromatic N) is 1. The molecule has 0 spiro atoms. The van der Waals surface area contributed by atoms with Crippen LogP contribution in [0.3, 0.4) is 0 Å². The largest absolute Gasteiger partial charge is 0.508 e. The van der Waals surface area contributed by atoms with Crippen molar-refractivity contribution in [2.75, 3.05) is 31.5 Å². The van der Waals surface area contributed by atoms with E-state index >= 15 is 0 Å². The minimum atomic E-state index is -0.457. The summed E-state index contributed by atoms with van der Waals surface area (Å²) >= 11 is 5.96. The standard InChI is InChI=1S/C26H25ClN4O3/c27-20-5-7-21(8-6-20)30-26(33)25(24(17-28)31-15-13-29-14-16-31)34-23-11-3-19(4-12-23)18-1-9-22(32)10-2-18/h1-12,17,28-29,32H,13-16H2,(H,30,33)/b25-24-,28-17?. The molecule has 7 nitrogen and oxygen atoms in total. The summed E-state index contributed by atoms with van der Waals surface area (Å²) in [5, 5.41) is 24.2. The Morgan fingerprint density at radius 2 is 1.56 bits per heavy atom. The second-order valence-electron chi connectivity index (χ2n) is 7.73. The van der Waals surface area contributed by atoms with E-state index in [9.17, 15) is 9.90 Å². The van der Waals surface area contributed by atoms with Gasteiger partial charge in [-0.2, -0.15) is 0 Å². The summed E-state index contributed by atoms with van der Waals surface area (Å²) in [6.45, 7) is 2.83. The zero-order chi connectivity index (χ0) is 23.9. The lowest BCUT2D eigenvalue weighted by Crippen LogP contribution is -2.44. The number of phenolic OH excluding ortho intramolecular Hbond substituents is 1. The molecule has 1 aliphatic heterocycles. The van der Waals surface area contributed by atoms with Crippen molar-refractivity contribution in [1.29, 1.82) is 5.41 Å². The minimum absolute atomic E-state index is 0.0456. The normalized spacial score (nSPS) is 14.2. The molecule has 4 rings (SSSR count). The van der Waals surface area contributed by atoms with Crippen molar-refractivity contribution in [3.8, 4) is 22.6 Å². The number of anilines is 1. The van der Waals surface area contributed by atoms with E-state index in [-0.39, 0.29) is 11.5 Å². The van der Waals surface area contributed by atoms with Crippen LogP contribution in [-0.4, -0.2) is 48.3 Å². The number of hydrogen-bond donors (Lipinski definition) is 4. The summed E-state index contributed by atoms with van der Waals surface area (Å²) in [4.78, 5) is 15.2. The minimum Gasteiger partial charge on any atom is -0.508 e. The average Bonchev–Trinajstić information content (AvgIpc) is 2.87. The number of rotatable bonds is 7. The van der Waals surface area contributed by atoms with Gasteiger partial charge in [-0.1, -0.05) is 35.9 Å². The molecule has 1 saturated heterocycles. The van der Waals surface area contributed by atoms with Gasteiger partial charge in [-0.25, -0.2) is 0 Å². The number of amides is 1. The van der Waals surface area contributed by atoms with E-state index in [0.29, 0.717) is 35.2 Å². The molecule has 0 aliphatic carbocycles. The van der Waals surface area contributed by atoms with E-state index in [1.54, 1.807) is 48.5 Å². The second kappa shape index (κ2) is 10.9. The third-order valence-electron chi connectivity index (χ3n) is 5.41. The van der Waals surface area contributed by atoms with E-state index in [1.165, 1.54) is 0 Å². The maximum Gasteiger partial charge on any atom is 0.293 e. The molecule has 174 valence electrons. The van der Waals surface area contributed by atoms with Gasteiger partial charge in [-0.05, 0) is 59.7 Å². The molecule has 0 aromatic heterocycles. The number of phenols is 1. The van der Waals surface area contributed by atoms with Crippen molar-refractivity contribution in [2.24, 2.45) is 0 Å². The van der Waals surface area contributed by atoms with E-state index in [0.717, 1.165) is 30.4 Å². The number of allylic oxidation sites excluding steroid dienone is 1. The first kappa shape index (κ1) is 23.4. The predicted octanol–water partition coefficient (Wildman–Crippen LogP) is 4.50. The molecular formula is C26H25ClN4O3. The molecule has 8 heteroatoms. The molecular weight excluding hydrogens is 452 g/mol. The zero-order valence-corrected chi connectivity index (χ0v) is 19.2. The van der Waals surface area contributed by atoms with Gasteiger partial charge in [0.15, 0.2) is 0 Å². The average molecular weight is 477 g/mol. The summed E-state index contributed by atoms with van der Waals surface area (Å²) in [7, 11) is 0. The molecule has 0 saturated carbocycles. The number of hydrogen-bond acceptors (Lipinski definition) is 6. The second-order valence-corrected chi connectivity index (χ2v) is 8.17. The Bertz CT molecular complexity index is 1170. The van der Waals surface area contributed by atoms with Crippen molar-refractivity contribution in [3.05, 3.63) is 89.3 Å². The molecule has 1 amide bonds. The van der Waals surface area contributed by atoms with E-state index in [2.05, 4.69) is 10.6 Å². The molecule has 3 aromatic rings. The number of aromatic hydroxyl groups is 1. The number of carbonyl (C=O) groups is 1. The molecule has 3 aromatic carbocycles. The quantitative estimate of drug-likeness (QED) is 0.229. The Morgan fingerprint density at radius 1 is 0.971 bits per heavy atom. The van der Waals surface area contributed by atoms with Crippen LogP contribution in [0.15, 0.2) is 84.3 Å². The van der Waals surface area contributed by atoms with Crippen LogP contribution in [-0.2, 0) is 4.79 Å². The summed E-state index contributed by atoms with van der Waals surface area (Å²) in [5.41, 5.74) is 2.87. The lowest BCUT2D eigenvalue weighted by molar-refractivity contribution is -0.115. The van der Waals surface area contributed by atoms with Gasteiger partial charge in [-0.15, -0.1) is 0 Å². The van der Waals surface area contributed by atoms with Crippen LogP contribution in [0.1, 0.15) is 0 Å². The molecule has 0 radical (unpaired) electrons. The van der Waals surface area contributed by atoms with Crippen LogP contribution in [0.2, 0.25) is 5.02 Å².